The SMILES string of the molecule is CNCC(C)C(=O)N(C)C1CCOC1.Cl. The summed E-state index contributed by atoms with van der Waals surface area (Å²) in [6, 6.07) is 0.279. The van der Waals surface area contributed by atoms with Crippen molar-refractivity contribution in [3.05, 3.63) is 0 Å². The maximum Gasteiger partial charge on any atom is 0.226 e. The first-order valence-electron chi connectivity index (χ1n) is 5.15. The molecule has 15 heavy (non-hydrogen) atoms. The fourth-order valence-electron chi connectivity index (χ4n) is 1.75. The van der Waals surface area contributed by atoms with Gasteiger partial charge in [-0.05, 0) is 13.5 Å². The van der Waals surface area contributed by atoms with E-state index in [1.165, 1.54) is 0 Å². The van der Waals surface area contributed by atoms with Gasteiger partial charge in [0.1, 0.15) is 0 Å². The molecule has 0 aliphatic carbocycles. The first-order chi connectivity index (χ1) is 6.66. The lowest BCUT2D eigenvalue weighted by molar-refractivity contribution is -0.135. The summed E-state index contributed by atoms with van der Waals surface area (Å²) < 4.78 is 5.26. The number of nitrogens with one attached hydrogen (secondary N) is 1. The number of carbonyl (C=O) groups is 1. The summed E-state index contributed by atoms with van der Waals surface area (Å²) in [5, 5.41) is 3.02. The molecule has 0 saturated carbocycles. The van der Waals surface area contributed by atoms with Gasteiger partial charge < -0.3 is 15.0 Å². The molecule has 2 atom stereocenters. The number of carbonyl (C=O) groups excluding carboxylic acids is 1. The van der Waals surface area contributed by atoms with Crippen LogP contribution in [0.15, 0.2) is 0 Å². The highest BCUT2D eigenvalue weighted by Gasteiger charge is 2.26. The van der Waals surface area contributed by atoms with Gasteiger partial charge in [-0.25, -0.2) is 0 Å². The Morgan fingerprint density at radius 3 is 2.80 bits per heavy atom. The third-order valence-electron chi connectivity index (χ3n) is 2.73. The van der Waals surface area contributed by atoms with Crippen molar-refractivity contribution in [3.63, 3.8) is 0 Å². The van der Waals surface area contributed by atoms with Gasteiger partial charge in [0.2, 0.25) is 5.91 Å². The van der Waals surface area contributed by atoms with Crippen molar-refractivity contribution in [2.75, 3.05) is 33.9 Å². The Labute approximate surface area is 97.8 Å². The molecular formula is C10H21ClN2O2. The molecule has 0 aromatic carbocycles. The van der Waals surface area contributed by atoms with Crippen LogP contribution in [0.5, 0.6) is 0 Å². The summed E-state index contributed by atoms with van der Waals surface area (Å²) in [7, 11) is 3.73. The standard InChI is InChI=1S/C10H20N2O2.ClH/c1-8(6-11-2)10(13)12(3)9-4-5-14-7-9;/h8-9,11H,4-7H2,1-3H3;1H. The molecule has 1 heterocycles. The van der Waals surface area contributed by atoms with Crippen LogP contribution in [-0.2, 0) is 9.53 Å². The molecule has 0 spiro atoms. The Morgan fingerprint density at radius 2 is 2.33 bits per heavy atom. The number of rotatable bonds is 4. The van der Waals surface area contributed by atoms with Gasteiger partial charge >= 0.3 is 0 Å². The lowest BCUT2D eigenvalue weighted by atomic mass is 10.1. The molecule has 1 amide bonds. The second-order valence-corrected chi connectivity index (χ2v) is 3.93. The highest BCUT2D eigenvalue weighted by atomic mass is 35.5. The highest BCUT2D eigenvalue weighted by Crippen LogP contribution is 2.13. The molecule has 0 bridgehead atoms. The maximum absolute atomic E-state index is 11.9. The summed E-state index contributed by atoms with van der Waals surface area (Å²) in [6.45, 7) is 4.15. The lowest BCUT2D eigenvalue weighted by Crippen LogP contribution is -2.42. The first-order valence-corrected chi connectivity index (χ1v) is 5.15. The summed E-state index contributed by atoms with van der Waals surface area (Å²) in [6.07, 6.45) is 0.967. The summed E-state index contributed by atoms with van der Waals surface area (Å²) in [5.74, 6) is 0.250. The van der Waals surface area contributed by atoms with Crippen molar-refractivity contribution >= 4 is 18.3 Å². The van der Waals surface area contributed by atoms with Crippen LogP contribution in [0.1, 0.15) is 13.3 Å². The minimum Gasteiger partial charge on any atom is -0.379 e. The van der Waals surface area contributed by atoms with Crippen molar-refractivity contribution in [2.24, 2.45) is 5.92 Å². The van der Waals surface area contributed by atoms with Crippen LogP contribution in [0.4, 0.5) is 0 Å². The average Bonchev–Trinajstić information content (AvgIpc) is 2.68. The molecule has 0 aromatic rings. The van der Waals surface area contributed by atoms with E-state index in [4.69, 9.17) is 4.74 Å². The van der Waals surface area contributed by atoms with Crippen molar-refractivity contribution in [3.8, 4) is 0 Å². The summed E-state index contributed by atoms with van der Waals surface area (Å²) in [4.78, 5) is 13.7. The fraction of sp³-hybridized carbons (Fsp3) is 0.900. The molecule has 1 rings (SSSR count). The molecule has 1 aliphatic rings. The fourth-order valence-corrected chi connectivity index (χ4v) is 1.75. The first kappa shape index (κ1) is 14.7. The van der Waals surface area contributed by atoms with Crippen LogP contribution in [0.3, 0.4) is 0 Å². The molecule has 0 radical (unpaired) electrons. The van der Waals surface area contributed by atoms with E-state index in [0.29, 0.717) is 6.61 Å². The molecule has 1 fully saturated rings. The number of nitrogens with zero attached hydrogens (tertiary/aromatic N) is 1. The zero-order chi connectivity index (χ0) is 10.6. The zero-order valence-electron chi connectivity index (χ0n) is 9.66. The normalized spacial score (nSPS) is 21.9. The van der Waals surface area contributed by atoms with E-state index >= 15 is 0 Å². The third-order valence-corrected chi connectivity index (χ3v) is 2.73. The predicted molar refractivity (Wildman–Crippen MR) is 62.3 cm³/mol. The maximum atomic E-state index is 11.9. The van der Waals surface area contributed by atoms with Gasteiger partial charge in [-0.3, -0.25) is 4.79 Å². The van der Waals surface area contributed by atoms with E-state index in [-0.39, 0.29) is 30.3 Å². The predicted octanol–water partition coefficient (Wildman–Crippen LogP) is 0.511. The van der Waals surface area contributed by atoms with Crippen LogP contribution in [0.2, 0.25) is 0 Å². The average molecular weight is 237 g/mol. The number of likely N-dealkylation sites (N-methyl/N-ethyl adjacent to an activating group) is 1. The Balaban J connectivity index is 0.00000196. The number of ether oxygens (including phenoxy) is 1. The van der Waals surface area contributed by atoms with E-state index in [0.717, 1.165) is 19.6 Å². The van der Waals surface area contributed by atoms with Crippen LogP contribution < -0.4 is 5.32 Å². The molecular weight excluding hydrogens is 216 g/mol. The van der Waals surface area contributed by atoms with E-state index in [1.54, 1.807) is 0 Å². The van der Waals surface area contributed by atoms with E-state index in [2.05, 4.69) is 5.32 Å². The van der Waals surface area contributed by atoms with Gasteiger partial charge in [0.15, 0.2) is 0 Å². The molecule has 4 nitrogen and oxygen atoms in total. The monoisotopic (exact) mass is 236 g/mol. The van der Waals surface area contributed by atoms with Crippen LogP contribution >= 0.6 is 12.4 Å². The number of halogens is 1. The quantitative estimate of drug-likeness (QED) is 0.774. The number of hydrogen-bond acceptors (Lipinski definition) is 3. The highest BCUT2D eigenvalue weighted by molar-refractivity contribution is 5.85. The number of amides is 1. The topological polar surface area (TPSA) is 41.6 Å². The van der Waals surface area contributed by atoms with E-state index in [1.807, 2.05) is 25.9 Å². The van der Waals surface area contributed by atoms with Crippen molar-refractivity contribution in [1.29, 1.82) is 0 Å². The lowest BCUT2D eigenvalue weighted by Gasteiger charge is -2.26. The van der Waals surface area contributed by atoms with Crippen molar-refractivity contribution < 1.29 is 9.53 Å². The van der Waals surface area contributed by atoms with Gasteiger partial charge in [-0.2, -0.15) is 0 Å². The molecule has 1 N–H and O–H groups in total. The van der Waals surface area contributed by atoms with Crippen molar-refractivity contribution in [1.82, 2.24) is 10.2 Å². The van der Waals surface area contributed by atoms with Gasteiger partial charge in [0.25, 0.3) is 0 Å². The molecule has 0 aromatic heterocycles. The smallest absolute Gasteiger partial charge is 0.226 e. The van der Waals surface area contributed by atoms with Gasteiger partial charge in [-0.15, -0.1) is 12.4 Å². The Bertz CT molecular complexity index is 196. The summed E-state index contributed by atoms with van der Waals surface area (Å²) in [5.41, 5.74) is 0. The van der Waals surface area contributed by atoms with Gasteiger partial charge in [-0.1, -0.05) is 6.92 Å². The van der Waals surface area contributed by atoms with Crippen LogP contribution in [0.25, 0.3) is 0 Å². The molecule has 90 valence electrons. The molecule has 2 unspecified atom stereocenters. The molecule has 1 saturated heterocycles. The largest absolute Gasteiger partial charge is 0.379 e. The second kappa shape index (κ2) is 7.04. The van der Waals surface area contributed by atoms with E-state index < -0.39 is 0 Å². The van der Waals surface area contributed by atoms with E-state index in [9.17, 15) is 4.79 Å². The Hall–Kier alpha value is -0.320. The van der Waals surface area contributed by atoms with Crippen molar-refractivity contribution in [2.45, 2.75) is 19.4 Å². The third kappa shape index (κ3) is 3.97. The molecule has 5 heteroatoms. The van der Waals surface area contributed by atoms with Crippen LogP contribution in [-0.4, -0.2) is 50.7 Å². The minimum absolute atomic E-state index is 0. The number of hydrogen-bond donors (Lipinski definition) is 1. The van der Waals surface area contributed by atoms with Gasteiger partial charge in [0.05, 0.1) is 12.6 Å². The molecule has 1 aliphatic heterocycles. The zero-order valence-corrected chi connectivity index (χ0v) is 10.5. The Morgan fingerprint density at radius 1 is 1.67 bits per heavy atom. The minimum atomic E-state index is 0. The van der Waals surface area contributed by atoms with Crippen LogP contribution in [0, 0.1) is 5.92 Å². The summed E-state index contributed by atoms with van der Waals surface area (Å²) >= 11 is 0. The second-order valence-electron chi connectivity index (χ2n) is 3.93. The Kier molecular flexibility index (Phi) is 6.89. The van der Waals surface area contributed by atoms with Gasteiger partial charge in [0, 0.05) is 26.1 Å².